The van der Waals surface area contributed by atoms with Gasteiger partial charge in [-0.1, -0.05) is 36.4 Å². The summed E-state index contributed by atoms with van der Waals surface area (Å²) >= 11 is 0. The zero-order valence-corrected chi connectivity index (χ0v) is 13.3. The van der Waals surface area contributed by atoms with Gasteiger partial charge in [0, 0.05) is 27.8 Å². The molecule has 4 aromatic rings. The van der Waals surface area contributed by atoms with Crippen LogP contribution in [0, 0.1) is 0 Å². The van der Waals surface area contributed by atoms with Gasteiger partial charge < -0.3 is 14.6 Å². The fourth-order valence-corrected chi connectivity index (χ4v) is 3.16. The van der Waals surface area contributed by atoms with Crippen molar-refractivity contribution in [1.29, 1.82) is 0 Å². The number of carbonyl (C=O) groups excluding carboxylic acids is 1. The van der Waals surface area contributed by atoms with Crippen LogP contribution in [0.1, 0.15) is 17.0 Å². The number of fused-ring (bicyclic) bond motifs is 2. The molecule has 2 amide bonds. The number of urea groups is 1. The summed E-state index contributed by atoms with van der Waals surface area (Å²) in [7, 11) is 0. The molecule has 0 fully saturated rings. The molecule has 0 aliphatic rings. The van der Waals surface area contributed by atoms with E-state index < -0.39 is 6.03 Å². The fourth-order valence-electron chi connectivity index (χ4n) is 3.16. The van der Waals surface area contributed by atoms with Gasteiger partial charge in [-0.3, -0.25) is 5.21 Å². The molecule has 0 saturated heterocycles. The normalized spacial score (nSPS) is 11.4. The van der Waals surface area contributed by atoms with Crippen LogP contribution in [0.5, 0.6) is 0 Å². The van der Waals surface area contributed by atoms with Gasteiger partial charge in [-0.15, -0.1) is 0 Å². The molecule has 6 heteroatoms. The monoisotopic (exact) mass is 336 g/mol. The van der Waals surface area contributed by atoms with E-state index in [1.54, 1.807) is 12.5 Å². The predicted molar refractivity (Wildman–Crippen MR) is 92.3 cm³/mol. The second-order valence-corrected chi connectivity index (χ2v) is 5.85. The molecule has 0 spiro atoms. The number of benzene rings is 2. The molecule has 6 nitrogen and oxygen atoms in total. The lowest BCUT2D eigenvalue weighted by Crippen LogP contribution is -2.36. The average molecular weight is 336 g/mol. The number of nitrogens with zero attached hydrogens (tertiary/aromatic N) is 1. The first kappa shape index (κ1) is 15.3. The Bertz CT molecular complexity index is 976. The zero-order chi connectivity index (χ0) is 17.4. The Kier molecular flexibility index (Phi) is 3.66. The Balaban J connectivity index is 1.88. The maximum Gasteiger partial charge on any atom is 0.338 e. The number of para-hydroxylation sites is 2. The summed E-state index contributed by atoms with van der Waals surface area (Å²) in [6.45, 7) is -0.0115. The van der Waals surface area contributed by atoms with Crippen LogP contribution in [0.4, 0.5) is 4.79 Å². The van der Waals surface area contributed by atoms with Gasteiger partial charge in [0.2, 0.25) is 0 Å². The van der Waals surface area contributed by atoms with Crippen molar-refractivity contribution in [3.8, 4) is 0 Å². The summed E-state index contributed by atoms with van der Waals surface area (Å²) in [5.41, 5.74) is 8.38. The van der Waals surface area contributed by atoms with Gasteiger partial charge in [0.25, 0.3) is 0 Å². The zero-order valence-electron chi connectivity index (χ0n) is 13.3. The van der Waals surface area contributed by atoms with E-state index in [2.05, 4.69) is 0 Å². The summed E-state index contributed by atoms with van der Waals surface area (Å²) in [6.07, 6.45) is 3.29. The Morgan fingerprint density at radius 3 is 1.92 bits per heavy atom. The maximum absolute atomic E-state index is 11.4. The van der Waals surface area contributed by atoms with E-state index in [0.29, 0.717) is 5.06 Å². The van der Waals surface area contributed by atoms with E-state index in [-0.39, 0.29) is 12.5 Å². The molecule has 2 aromatic carbocycles. The summed E-state index contributed by atoms with van der Waals surface area (Å²) in [5.74, 6) is -0.357. The Hall–Kier alpha value is -3.25. The van der Waals surface area contributed by atoms with Crippen molar-refractivity contribution in [2.75, 3.05) is 6.54 Å². The number of carbonyl (C=O) groups is 1. The topological polar surface area (TPSA) is 92.8 Å². The standard InChI is InChI=1S/C19H16N2O4/c20-19(22)21(23)9-14(15-10-24-17-7-3-1-5-12(15)17)16-11-25-18-8-4-2-6-13(16)18/h1-8,10-11,14,23H,9H2,(H2,20,22). The molecule has 0 aliphatic heterocycles. The average Bonchev–Trinajstić information content (AvgIpc) is 3.24. The lowest BCUT2D eigenvalue weighted by atomic mass is 9.90. The fraction of sp³-hybridized carbons (Fsp3) is 0.105. The molecule has 0 atom stereocenters. The summed E-state index contributed by atoms with van der Waals surface area (Å²) in [4.78, 5) is 11.4. The van der Waals surface area contributed by atoms with E-state index in [9.17, 15) is 10.0 Å². The van der Waals surface area contributed by atoms with E-state index in [4.69, 9.17) is 14.6 Å². The third-order valence-corrected chi connectivity index (χ3v) is 4.38. The summed E-state index contributed by atoms with van der Waals surface area (Å²) < 4.78 is 11.3. The number of hydrogen-bond donors (Lipinski definition) is 2. The van der Waals surface area contributed by atoms with Crippen molar-refractivity contribution in [2.45, 2.75) is 5.92 Å². The van der Waals surface area contributed by atoms with Crippen LogP contribution in [0.2, 0.25) is 0 Å². The Labute approximate surface area is 143 Å². The van der Waals surface area contributed by atoms with Crippen LogP contribution in [0.25, 0.3) is 21.9 Å². The Morgan fingerprint density at radius 2 is 1.44 bits per heavy atom. The number of hydrogen-bond acceptors (Lipinski definition) is 4. The van der Waals surface area contributed by atoms with Crippen LogP contribution < -0.4 is 5.73 Å². The van der Waals surface area contributed by atoms with Gasteiger partial charge in [0.15, 0.2) is 0 Å². The third-order valence-electron chi connectivity index (χ3n) is 4.38. The molecule has 4 rings (SSSR count). The van der Waals surface area contributed by atoms with E-state index in [0.717, 1.165) is 33.1 Å². The summed E-state index contributed by atoms with van der Waals surface area (Å²) in [6, 6.07) is 14.3. The van der Waals surface area contributed by atoms with E-state index >= 15 is 0 Å². The highest BCUT2D eigenvalue weighted by Gasteiger charge is 2.26. The number of amides is 2. The molecule has 2 aromatic heterocycles. The van der Waals surface area contributed by atoms with Crippen molar-refractivity contribution >= 4 is 28.0 Å². The van der Waals surface area contributed by atoms with Gasteiger partial charge in [-0.25, -0.2) is 9.86 Å². The lowest BCUT2D eigenvalue weighted by Gasteiger charge is -2.20. The number of primary amides is 1. The molecule has 3 N–H and O–H groups in total. The van der Waals surface area contributed by atoms with Gasteiger partial charge in [0.1, 0.15) is 11.2 Å². The van der Waals surface area contributed by atoms with Gasteiger partial charge >= 0.3 is 6.03 Å². The molecule has 0 radical (unpaired) electrons. The van der Waals surface area contributed by atoms with Crippen LogP contribution in [0.3, 0.4) is 0 Å². The van der Waals surface area contributed by atoms with Crippen molar-refractivity contribution < 1.29 is 18.8 Å². The molecular formula is C19H16N2O4. The minimum absolute atomic E-state index is 0.0115. The second kappa shape index (κ2) is 5.99. The Morgan fingerprint density at radius 1 is 0.960 bits per heavy atom. The number of nitrogens with two attached hydrogens (primary N) is 1. The van der Waals surface area contributed by atoms with E-state index in [1.165, 1.54) is 0 Å². The minimum atomic E-state index is -0.911. The van der Waals surface area contributed by atoms with Crippen molar-refractivity contribution in [1.82, 2.24) is 5.06 Å². The highest BCUT2D eigenvalue weighted by atomic mass is 16.5. The molecule has 0 unspecified atom stereocenters. The molecule has 126 valence electrons. The highest BCUT2D eigenvalue weighted by Crippen LogP contribution is 2.37. The smallest absolute Gasteiger partial charge is 0.338 e. The quantitative estimate of drug-likeness (QED) is 0.434. The molecule has 0 bridgehead atoms. The largest absolute Gasteiger partial charge is 0.464 e. The predicted octanol–water partition coefficient (Wildman–Crippen LogP) is 4.08. The second-order valence-electron chi connectivity index (χ2n) is 5.85. The molecule has 2 heterocycles. The molecule has 0 aliphatic carbocycles. The third kappa shape index (κ3) is 2.62. The first-order chi connectivity index (χ1) is 12.1. The molecular weight excluding hydrogens is 320 g/mol. The van der Waals surface area contributed by atoms with E-state index in [1.807, 2.05) is 48.5 Å². The van der Waals surface area contributed by atoms with Gasteiger partial charge in [0.05, 0.1) is 19.1 Å². The van der Waals surface area contributed by atoms with Crippen LogP contribution in [-0.4, -0.2) is 22.8 Å². The van der Waals surface area contributed by atoms with Crippen LogP contribution >= 0.6 is 0 Å². The van der Waals surface area contributed by atoms with Crippen molar-refractivity contribution in [3.05, 3.63) is 72.2 Å². The summed E-state index contributed by atoms with van der Waals surface area (Å²) in [5, 5.41) is 12.3. The lowest BCUT2D eigenvalue weighted by molar-refractivity contribution is -0.0414. The van der Waals surface area contributed by atoms with Crippen molar-refractivity contribution in [3.63, 3.8) is 0 Å². The van der Waals surface area contributed by atoms with Crippen LogP contribution in [-0.2, 0) is 0 Å². The number of hydroxylamine groups is 2. The van der Waals surface area contributed by atoms with Crippen molar-refractivity contribution in [2.24, 2.45) is 5.73 Å². The SMILES string of the molecule is NC(=O)N(O)CC(c1coc2ccccc12)c1coc2ccccc12. The number of rotatable bonds is 4. The van der Waals surface area contributed by atoms with Gasteiger partial charge in [-0.05, 0) is 12.1 Å². The number of furan rings is 2. The van der Waals surface area contributed by atoms with Crippen LogP contribution in [0.15, 0.2) is 69.9 Å². The highest BCUT2D eigenvalue weighted by molar-refractivity contribution is 5.86. The first-order valence-electron chi connectivity index (χ1n) is 7.83. The maximum atomic E-state index is 11.4. The first-order valence-corrected chi connectivity index (χ1v) is 7.83. The molecule has 25 heavy (non-hydrogen) atoms. The minimum Gasteiger partial charge on any atom is -0.464 e. The molecule has 0 saturated carbocycles. The van der Waals surface area contributed by atoms with Gasteiger partial charge in [-0.2, -0.15) is 0 Å².